The van der Waals surface area contributed by atoms with Gasteiger partial charge in [-0.05, 0) is 61.9 Å². The van der Waals surface area contributed by atoms with Crippen molar-refractivity contribution in [3.63, 3.8) is 0 Å². The highest BCUT2D eigenvalue weighted by Crippen LogP contribution is 2.19. The summed E-state index contributed by atoms with van der Waals surface area (Å²) in [7, 11) is 0. The number of amides is 1. The minimum atomic E-state index is 0.0525. The summed E-state index contributed by atoms with van der Waals surface area (Å²) < 4.78 is 2.22. The third kappa shape index (κ3) is 4.97. The molecule has 1 N–H and O–H groups in total. The van der Waals surface area contributed by atoms with Crippen molar-refractivity contribution in [1.82, 2.24) is 14.5 Å². The molecule has 28 heavy (non-hydrogen) atoms. The summed E-state index contributed by atoms with van der Waals surface area (Å²) in [4.78, 5) is 21.7. The van der Waals surface area contributed by atoms with Gasteiger partial charge in [0.1, 0.15) is 11.3 Å². The number of nitrogens with one attached hydrogen (secondary N) is 1. The summed E-state index contributed by atoms with van der Waals surface area (Å²) in [6.45, 7) is 9.41. The molecule has 0 aliphatic carbocycles. The maximum atomic E-state index is 12.4. The van der Waals surface area contributed by atoms with E-state index in [1.165, 1.54) is 0 Å². The van der Waals surface area contributed by atoms with E-state index in [0.29, 0.717) is 12.3 Å². The quantitative estimate of drug-likeness (QED) is 0.596. The van der Waals surface area contributed by atoms with Gasteiger partial charge >= 0.3 is 0 Å². The molecule has 2 aromatic heterocycles. The molecule has 0 spiro atoms. The van der Waals surface area contributed by atoms with Crippen LogP contribution in [0.1, 0.15) is 50.1 Å². The number of pyridine rings is 1. The van der Waals surface area contributed by atoms with E-state index < -0.39 is 0 Å². The lowest BCUT2D eigenvalue weighted by molar-refractivity contribution is -0.116. The van der Waals surface area contributed by atoms with Crippen LogP contribution in [0.3, 0.4) is 0 Å². The molecule has 148 valence electrons. The molecular formula is C23H30N4O. The van der Waals surface area contributed by atoms with E-state index in [-0.39, 0.29) is 5.91 Å². The van der Waals surface area contributed by atoms with Crippen LogP contribution in [-0.2, 0) is 17.8 Å². The number of hydrogen-bond acceptors (Lipinski definition) is 3. The highest BCUT2D eigenvalue weighted by Gasteiger charge is 2.13. The first-order chi connectivity index (χ1) is 13.4. The van der Waals surface area contributed by atoms with Crippen molar-refractivity contribution in [3.05, 3.63) is 53.5 Å². The monoisotopic (exact) mass is 378 g/mol. The zero-order chi connectivity index (χ0) is 20.1. The fourth-order valence-electron chi connectivity index (χ4n) is 3.31. The standard InChI is InChI=1S/C23H30N4O/c1-16(2)12-14-27-21(25-19-7-6-13-24-23(19)27)8-5-9-22(28)26-20-15-17(3)10-11-18(20)4/h6-7,10-11,13,15-16H,5,8-9,12,14H2,1-4H3,(H,26,28). The molecule has 0 atom stereocenters. The highest BCUT2D eigenvalue weighted by atomic mass is 16.1. The van der Waals surface area contributed by atoms with Gasteiger partial charge in [0.05, 0.1) is 0 Å². The largest absolute Gasteiger partial charge is 0.326 e. The molecule has 0 radical (unpaired) electrons. The van der Waals surface area contributed by atoms with Crippen LogP contribution in [0, 0.1) is 19.8 Å². The Labute approximate surface area is 167 Å². The van der Waals surface area contributed by atoms with Crippen LogP contribution in [0.5, 0.6) is 0 Å². The number of aryl methyl sites for hydroxylation is 4. The Morgan fingerprint density at radius 1 is 1.21 bits per heavy atom. The molecule has 0 saturated heterocycles. The van der Waals surface area contributed by atoms with Crippen molar-refractivity contribution in [2.24, 2.45) is 5.92 Å². The van der Waals surface area contributed by atoms with Gasteiger partial charge in [0.15, 0.2) is 5.65 Å². The van der Waals surface area contributed by atoms with Crippen molar-refractivity contribution in [2.75, 3.05) is 5.32 Å². The van der Waals surface area contributed by atoms with Gasteiger partial charge < -0.3 is 9.88 Å². The Bertz CT molecular complexity index is 958. The Kier molecular flexibility index (Phi) is 6.45. The zero-order valence-corrected chi connectivity index (χ0v) is 17.3. The molecule has 0 saturated carbocycles. The van der Waals surface area contributed by atoms with Crippen LogP contribution in [0.2, 0.25) is 0 Å². The molecule has 1 amide bonds. The van der Waals surface area contributed by atoms with E-state index >= 15 is 0 Å². The number of imidazole rings is 1. The second kappa shape index (κ2) is 9.00. The number of rotatable bonds is 8. The number of hydrogen-bond donors (Lipinski definition) is 1. The summed E-state index contributed by atoms with van der Waals surface area (Å²) in [6, 6.07) is 10.0. The molecule has 0 bridgehead atoms. The Morgan fingerprint density at radius 3 is 2.82 bits per heavy atom. The van der Waals surface area contributed by atoms with Gasteiger partial charge in [0.2, 0.25) is 5.91 Å². The van der Waals surface area contributed by atoms with Crippen LogP contribution in [-0.4, -0.2) is 20.4 Å². The second-order valence-corrected chi connectivity index (χ2v) is 7.93. The molecule has 0 unspecified atom stereocenters. The molecule has 0 fully saturated rings. The van der Waals surface area contributed by atoms with Crippen LogP contribution in [0.4, 0.5) is 5.69 Å². The molecular weight excluding hydrogens is 348 g/mol. The number of nitrogens with zero attached hydrogens (tertiary/aromatic N) is 3. The van der Waals surface area contributed by atoms with Crippen molar-refractivity contribution in [1.29, 1.82) is 0 Å². The molecule has 3 aromatic rings. The third-order valence-corrected chi connectivity index (χ3v) is 4.98. The van der Waals surface area contributed by atoms with E-state index in [2.05, 4.69) is 34.8 Å². The Balaban J connectivity index is 1.63. The van der Waals surface area contributed by atoms with Crippen molar-refractivity contribution < 1.29 is 4.79 Å². The highest BCUT2D eigenvalue weighted by molar-refractivity contribution is 5.91. The Morgan fingerprint density at radius 2 is 2.04 bits per heavy atom. The van der Waals surface area contributed by atoms with E-state index in [1.807, 2.05) is 44.3 Å². The van der Waals surface area contributed by atoms with E-state index in [1.54, 1.807) is 0 Å². The lowest BCUT2D eigenvalue weighted by Gasteiger charge is -2.11. The molecule has 5 nitrogen and oxygen atoms in total. The van der Waals surface area contributed by atoms with E-state index in [4.69, 9.17) is 4.98 Å². The topological polar surface area (TPSA) is 59.8 Å². The maximum absolute atomic E-state index is 12.4. The van der Waals surface area contributed by atoms with Gasteiger partial charge in [-0.2, -0.15) is 0 Å². The van der Waals surface area contributed by atoms with Crippen LogP contribution >= 0.6 is 0 Å². The summed E-state index contributed by atoms with van der Waals surface area (Å²) in [6.07, 6.45) is 4.92. The average molecular weight is 379 g/mol. The fourth-order valence-corrected chi connectivity index (χ4v) is 3.31. The third-order valence-electron chi connectivity index (χ3n) is 4.98. The van der Waals surface area contributed by atoms with E-state index in [9.17, 15) is 4.79 Å². The van der Waals surface area contributed by atoms with Crippen molar-refractivity contribution in [2.45, 2.75) is 59.9 Å². The van der Waals surface area contributed by atoms with Gasteiger partial charge in [0, 0.05) is 31.3 Å². The normalized spacial score (nSPS) is 11.3. The predicted octanol–water partition coefficient (Wildman–Crippen LogP) is 5.06. The average Bonchev–Trinajstić information content (AvgIpc) is 3.00. The number of benzene rings is 1. The van der Waals surface area contributed by atoms with E-state index in [0.717, 1.165) is 59.6 Å². The SMILES string of the molecule is Cc1ccc(C)c(NC(=O)CCCc2nc3cccnc3n2CCC(C)C)c1. The molecule has 0 aliphatic rings. The molecule has 3 rings (SSSR count). The van der Waals surface area contributed by atoms with Crippen LogP contribution in [0.15, 0.2) is 36.5 Å². The van der Waals surface area contributed by atoms with Gasteiger partial charge in [-0.15, -0.1) is 0 Å². The van der Waals surface area contributed by atoms with Gasteiger partial charge in [0.25, 0.3) is 0 Å². The summed E-state index contributed by atoms with van der Waals surface area (Å²) in [5.74, 6) is 1.70. The smallest absolute Gasteiger partial charge is 0.224 e. The minimum absolute atomic E-state index is 0.0525. The van der Waals surface area contributed by atoms with Crippen molar-refractivity contribution in [3.8, 4) is 0 Å². The summed E-state index contributed by atoms with van der Waals surface area (Å²) in [5.41, 5.74) is 5.00. The summed E-state index contributed by atoms with van der Waals surface area (Å²) >= 11 is 0. The van der Waals surface area contributed by atoms with Crippen molar-refractivity contribution >= 4 is 22.8 Å². The number of anilines is 1. The maximum Gasteiger partial charge on any atom is 0.224 e. The number of carbonyl (C=O) groups excluding carboxylic acids is 1. The minimum Gasteiger partial charge on any atom is -0.326 e. The summed E-state index contributed by atoms with van der Waals surface area (Å²) in [5, 5.41) is 3.04. The molecule has 2 heterocycles. The first kappa shape index (κ1) is 20.1. The molecule has 5 heteroatoms. The predicted molar refractivity (Wildman–Crippen MR) is 114 cm³/mol. The van der Waals surface area contributed by atoms with Gasteiger partial charge in [-0.25, -0.2) is 9.97 Å². The Hall–Kier alpha value is -2.69. The number of aromatic nitrogens is 3. The first-order valence-electron chi connectivity index (χ1n) is 10.1. The van der Waals surface area contributed by atoms with Crippen LogP contribution in [0.25, 0.3) is 11.2 Å². The number of fused-ring (bicyclic) bond motifs is 1. The van der Waals surface area contributed by atoms with Gasteiger partial charge in [-0.3, -0.25) is 4.79 Å². The van der Waals surface area contributed by atoms with Crippen LogP contribution < -0.4 is 5.32 Å². The lowest BCUT2D eigenvalue weighted by Crippen LogP contribution is -2.13. The molecule has 1 aromatic carbocycles. The lowest BCUT2D eigenvalue weighted by atomic mass is 10.1. The molecule has 0 aliphatic heterocycles. The first-order valence-corrected chi connectivity index (χ1v) is 10.1. The second-order valence-electron chi connectivity index (χ2n) is 7.93. The zero-order valence-electron chi connectivity index (χ0n) is 17.3. The van der Waals surface area contributed by atoms with Gasteiger partial charge in [-0.1, -0.05) is 26.0 Å². The number of carbonyl (C=O) groups is 1. The fraction of sp³-hybridized carbons (Fsp3) is 0.435.